The van der Waals surface area contributed by atoms with Gasteiger partial charge in [-0.2, -0.15) is 0 Å². The third-order valence-electron chi connectivity index (χ3n) is 3.64. The molecule has 3 atom stereocenters. The normalized spacial score (nSPS) is 26.9. The van der Waals surface area contributed by atoms with E-state index in [1.54, 1.807) is 7.11 Å². The fourth-order valence-corrected chi connectivity index (χ4v) is 2.26. The molecule has 1 aliphatic rings. The Labute approximate surface area is 109 Å². The van der Waals surface area contributed by atoms with Gasteiger partial charge in [-0.3, -0.25) is 9.69 Å². The van der Waals surface area contributed by atoms with Crippen LogP contribution in [-0.4, -0.2) is 61.4 Å². The first kappa shape index (κ1) is 15.4. The number of piperidine rings is 1. The Morgan fingerprint density at radius 1 is 1.61 bits per heavy atom. The van der Waals surface area contributed by atoms with Crippen LogP contribution in [0.15, 0.2) is 0 Å². The summed E-state index contributed by atoms with van der Waals surface area (Å²) in [6, 6.07) is -0.123. The molecule has 106 valence electrons. The third kappa shape index (κ3) is 4.55. The lowest BCUT2D eigenvalue weighted by Gasteiger charge is -2.37. The minimum Gasteiger partial charge on any atom is -0.393 e. The van der Waals surface area contributed by atoms with Crippen molar-refractivity contribution in [1.29, 1.82) is 0 Å². The molecule has 0 radical (unpaired) electrons. The highest BCUT2D eigenvalue weighted by Gasteiger charge is 2.29. The van der Waals surface area contributed by atoms with Crippen molar-refractivity contribution in [1.82, 2.24) is 10.2 Å². The summed E-state index contributed by atoms with van der Waals surface area (Å²) >= 11 is 0. The molecule has 0 aromatic rings. The smallest absolute Gasteiger partial charge is 0.237 e. The van der Waals surface area contributed by atoms with Crippen LogP contribution >= 0.6 is 0 Å². The molecule has 0 aliphatic carbocycles. The van der Waals surface area contributed by atoms with E-state index in [4.69, 9.17) is 4.74 Å². The highest BCUT2D eigenvalue weighted by molar-refractivity contribution is 5.81. The van der Waals surface area contributed by atoms with Crippen molar-refractivity contribution in [2.75, 3.05) is 33.4 Å². The number of aliphatic hydroxyl groups is 1. The molecule has 1 fully saturated rings. The first-order valence-electron chi connectivity index (χ1n) is 6.75. The number of carbonyl (C=O) groups is 1. The summed E-state index contributed by atoms with van der Waals surface area (Å²) in [4.78, 5) is 14.1. The molecule has 3 unspecified atom stereocenters. The number of hydrogen-bond acceptors (Lipinski definition) is 4. The number of aliphatic hydroxyl groups excluding tert-OH is 1. The van der Waals surface area contributed by atoms with Crippen LogP contribution in [0.1, 0.15) is 26.7 Å². The molecular formula is C13H26N2O3. The van der Waals surface area contributed by atoms with Crippen molar-refractivity contribution in [2.45, 2.75) is 38.8 Å². The summed E-state index contributed by atoms with van der Waals surface area (Å²) < 4.78 is 4.94. The summed E-state index contributed by atoms with van der Waals surface area (Å²) in [5.41, 5.74) is 0. The summed E-state index contributed by atoms with van der Waals surface area (Å²) in [6.45, 7) is 6.85. The molecule has 0 aromatic carbocycles. The molecule has 5 nitrogen and oxygen atoms in total. The number of carbonyl (C=O) groups excluding carboxylic acids is 1. The second-order valence-electron chi connectivity index (χ2n) is 5.14. The molecule has 1 amide bonds. The van der Waals surface area contributed by atoms with Gasteiger partial charge in [-0.25, -0.2) is 0 Å². The molecule has 1 saturated heterocycles. The minimum atomic E-state index is -0.224. The zero-order valence-corrected chi connectivity index (χ0v) is 11.7. The van der Waals surface area contributed by atoms with Gasteiger partial charge in [0.25, 0.3) is 0 Å². The highest BCUT2D eigenvalue weighted by Crippen LogP contribution is 2.18. The Morgan fingerprint density at radius 2 is 2.33 bits per heavy atom. The standard InChI is InChI=1S/C13H26N2O3/c1-10-9-15(7-5-12(10)16)11(2)13(17)14-6-4-8-18-3/h10-12,16H,4-9H2,1-3H3,(H,14,17). The van der Waals surface area contributed by atoms with Crippen LogP contribution in [0, 0.1) is 5.92 Å². The lowest BCUT2D eigenvalue weighted by molar-refractivity contribution is -0.127. The van der Waals surface area contributed by atoms with Gasteiger partial charge in [0.15, 0.2) is 0 Å². The van der Waals surface area contributed by atoms with Gasteiger partial charge in [-0.05, 0) is 25.7 Å². The van der Waals surface area contributed by atoms with E-state index in [1.165, 1.54) is 0 Å². The van der Waals surface area contributed by atoms with Gasteiger partial charge in [-0.1, -0.05) is 6.92 Å². The first-order valence-corrected chi connectivity index (χ1v) is 6.75. The van der Waals surface area contributed by atoms with E-state index in [0.717, 1.165) is 25.9 Å². The van der Waals surface area contributed by atoms with E-state index in [1.807, 2.05) is 13.8 Å². The van der Waals surface area contributed by atoms with Gasteiger partial charge in [0.05, 0.1) is 12.1 Å². The summed E-state index contributed by atoms with van der Waals surface area (Å²) in [5.74, 6) is 0.303. The van der Waals surface area contributed by atoms with E-state index >= 15 is 0 Å². The van der Waals surface area contributed by atoms with E-state index in [0.29, 0.717) is 13.2 Å². The van der Waals surface area contributed by atoms with Crippen LogP contribution in [0.4, 0.5) is 0 Å². The molecular weight excluding hydrogens is 232 g/mol. The zero-order chi connectivity index (χ0) is 13.5. The molecule has 2 N–H and O–H groups in total. The van der Waals surface area contributed by atoms with E-state index in [2.05, 4.69) is 10.2 Å². The Balaban J connectivity index is 2.30. The Morgan fingerprint density at radius 3 is 2.94 bits per heavy atom. The summed E-state index contributed by atoms with van der Waals surface area (Å²) in [7, 11) is 1.66. The van der Waals surface area contributed by atoms with Crippen LogP contribution in [0.25, 0.3) is 0 Å². The van der Waals surface area contributed by atoms with Gasteiger partial charge >= 0.3 is 0 Å². The zero-order valence-electron chi connectivity index (χ0n) is 11.7. The van der Waals surface area contributed by atoms with Crippen molar-refractivity contribution >= 4 is 5.91 Å². The number of rotatable bonds is 6. The second kappa shape index (κ2) is 7.71. The Hall–Kier alpha value is -0.650. The average Bonchev–Trinajstić information content (AvgIpc) is 2.37. The van der Waals surface area contributed by atoms with E-state index in [9.17, 15) is 9.90 Å². The molecule has 1 aliphatic heterocycles. The largest absolute Gasteiger partial charge is 0.393 e. The molecule has 5 heteroatoms. The molecule has 0 aromatic heterocycles. The lowest BCUT2D eigenvalue weighted by Crippen LogP contribution is -2.51. The van der Waals surface area contributed by atoms with Gasteiger partial charge in [0.1, 0.15) is 0 Å². The topological polar surface area (TPSA) is 61.8 Å². The van der Waals surface area contributed by atoms with Crippen LogP contribution in [0.3, 0.4) is 0 Å². The number of nitrogens with one attached hydrogen (secondary N) is 1. The van der Waals surface area contributed by atoms with Crippen LogP contribution in [0.5, 0.6) is 0 Å². The van der Waals surface area contributed by atoms with Gasteiger partial charge < -0.3 is 15.2 Å². The van der Waals surface area contributed by atoms with Crippen molar-refractivity contribution in [3.05, 3.63) is 0 Å². The van der Waals surface area contributed by atoms with E-state index < -0.39 is 0 Å². The van der Waals surface area contributed by atoms with Crippen LogP contribution in [-0.2, 0) is 9.53 Å². The molecule has 1 rings (SSSR count). The van der Waals surface area contributed by atoms with Gasteiger partial charge in [-0.15, -0.1) is 0 Å². The SMILES string of the molecule is COCCCNC(=O)C(C)N1CCC(O)C(C)C1. The second-order valence-corrected chi connectivity index (χ2v) is 5.14. The maximum Gasteiger partial charge on any atom is 0.237 e. The van der Waals surface area contributed by atoms with Crippen molar-refractivity contribution in [3.8, 4) is 0 Å². The first-order chi connectivity index (χ1) is 8.56. The van der Waals surface area contributed by atoms with E-state index in [-0.39, 0.29) is 24.0 Å². The maximum absolute atomic E-state index is 11.9. The average molecular weight is 258 g/mol. The molecule has 18 heavy (non-hydrogen) atoms. The van der Waals surface area contributed by atoms with Crippen molar-refractivity contribution in [3.63, 3.8) is 0 Å². The third-order valence-corrected chi connectivity index (χ3v) is 3.64. The highest BCUT2D eigenvalue weighted by atomic mass is 16.5. The summed E-state index contributed by atoms with van der Waals surface area (Å²) in [6.07, 6.45) is 1.37. The van der Waals surface area contributed by atoms with Crippen molar-refractivity contribution < 1.29 is 14.6 Å². The Kier molecular flexibility index (Phi) is 6.60. The van der Waals surface area contributed by atoms with Crippen LogP contribution in [0.2, 0.25) is 0 Å². The summed E-state index contributed by atoms with van der Waals surface area (Å²) in [5, 5.41) is 12.6. The van der Waals surface area contributed by atoms with Crippen LogP contribution < -0.4 is 5.32 Å². The van der Waals surface area contributed by atoms with Gasteiger partial charge in [0.2, 0.25) is 5.91 Å². The predicted molar refractivity (Wildman–Crippen MR) is 70.3 cm³/mol. The van der Waals surface area contributed by atoms with Gasteiger partial charge in [0, 0.05) is 33.4 Å². The molecule has 0 spiro atoms. The fraction of sp³-hybridized carbons (Fsp3) is 0.923. The monoisotopic (exact) mass is 258 g/mol. The maximum atomic E-state index is 11.9. The Bertz CT molecular complexity index is 261. The number of methoxy groups -OCH3 is 1. The molecule has 0 bridgehead atoms. The minimum absolute atomic E-state index is 0.0645. The number of amides is 1. The molecule has 0 saturated carbocycles. The molecule has 1 heterocycles. The fourth-order valence-electron chi connectivity index (χ4n) is 2.26. The predicted octanol–water partition coefficient (Wildman–Crippen LogP) is 0.230. The number of ether oxygens (including phenoxy) is 1. The lowest BCUT2D eigenvalue weighted by atomic mass is 9.95. The number of likely N-dealkylation sites (tertiary alicyclic amines) is 1. The number of hydrogen-bond donors (Lipinski definition) is 2. The quantitative estimate of drug-likeness (QED) is 0.670. The number of nitrogens with zero attached hydrogens (tertiary/aromatic N) is 1. The van der Waals surface area contributed by atoms with Crippen molar-refractivity contribution in [2.24, 2.45) is 5.92 Å².